The lowest BCUT2D eigenvalue weighted by Gasteiger charge is -2.17. The largest absolute Gasteiger partial charge is 0.463 e. The SMILES string of the molecule is CC(=O)OC[C@H]1O[C@@H](n2cc(Cl)c(-n3cncn3)nc2=O)C[C@@H]1OC(C)=O. The third kappa shape index (κ3) is 4.31. The molecular formula is C15H16ClN5O6. The zero-order chi connectivity index (χ0) is 19.6. The highest BCUT2D eigenvalue weighted by Crippen LogP contribution is 2.31. The topological polar surface area (TPSA) is 127 Å². The highest BCUT2D eigenvalue weighted by molar-refractivity contribution is 6.32. The lowest BCUT2D eigenvalue weighted by atomic mass is 10.2. The van der Waals surface area contributed by atoms with Crippen LogP contribution in [0.25, 0.3) is 5.82 Å². The second-order valence-electron chi connectivity index (χ2n) is 5.76. The summed E-state index contributed by atoms with van der Waals surface area (Å²) in [5.41, 5.74) is -0.635. The first kappa shape index (κ1) is 19.0. The van der Waals surface area contributed by atoms with Crippen LogP contribution in [0.2, 0.25) is 5.02 Å². The molecule has 0 N–H and O–H groups in total. The highest BCUT2D eigenvalue weighted by atomic mass is 35.5. The maximum absolute atomic E-state index is 12.4. The average Bonchev–Trinajstić information content (AvgIpc) is 3.24. The van der Waals surface area contributed by atoms with E-state index in [-0.39, 0.29) is 23.9 Å². The van der Waals surface area contributed by atoms with Gasteiger partial charge in [0.1, 0.15) is 42.7 Å². The number of halogens is 1. The van der Waals surface area contributed by atoms with Gasteiger partial charge in [-0.3, -0.25) is 14.2 Å². The molecule has 27 heavy (non-hydrogen) atoms. The number of rotatable bonds is 5. The van der Waals surface area contributed by atoms with Crippen molar-refractivity contribution in [3.8, 4) is 5.82 Å². The Bertz CT molecular complexity index is 899. The van der Waals surface area contributed by atoms with E-state index >= 15 is 0 Å². The Morgan fingerprint density at radius 3 is 2.78 bits per heavy atom. The molecule has 3 rings (SSSR count). The molecule has 12 heteroatoms. The summed E-state index contributed by atoms with van der Waals surface area (Å²) < 4.78 is 18.4. The monoisotopic (exact) mass is 397 g/mol. The van der Waals surface area contributed by atoms with Crippen LogP contribution in [0.3, 0.4) is 0 Å². The van der Waals surface area contributed by atoms with Crippen LogP contribution in [-0.4, -0.2) is 55.1 Å². The fourth-order valence-electron chi connectivity index (χ4n) is 2.68. The molecule has 3 atom stereocenters. The maximum atomic E-state index is 12.4. The van der Waals surface area contributed by atoms with E-state index in [2.05, 4.69) is 15.1 Å². The van der Waals surface area contributed by atoms with Crippen LogP contribution in [0.5, 0.6) is 0 Å². The van der Waals surface area contributed by atoms with Crippen molar-refractivity contribution in [2.45, 2.75) is 38.7 Å². The Labute approximate surface area is 157 Å². The first-order chi connectivity index (χ1) is 12.8. The second kappa shape index (κ2) is 7.84. The molecule has 0 aromatic carbocycles. The third-order valence-electron chi connectivity index (χ3n) is 3.78. The van der Waals surface area contributed by atoms with Crippen molar-refractivity contribution < 1.29 is 23.8 Å². The molecule has 1 saturated heterocycles. The maximum Gasteiger partial charge on any atom is 0.351 e. The minimum absolute atomic E-state index is 0.114. The minimum atomic E-state index is -0.794. The fraction of sp³-hybridized carbons (Fsp3) is 0.467. The predicted octanol–water partition coefficient (Wildman–Crippen LogP) is 0.260. The molecule has 2 aromatic rings. The number of esters is 2. The molecule has 0 aliphatic carbocycles. The molecule has 144 valence electrons. The van der Waals surface area contributed by atoms with E-state index in [9.17, 15) is 14.4 Å². The van der Waals surface area contributed by atoms with Gasteiger partial charge in [0.05, 0.1) is 0 Å². The Morgan fingerprint density at radius 1 is 1.37 bits per heavy atom. The summed E-state index contributed by atoms with van der Waals surface area (Å²) in [6.07, 6.45) is 1.97. The van der Waals surface area contributed by atoms with E-state index in [1.807, 2.05) is 0 Å². The van der Waals surface area contributed by atoms with Crippen LogP contribution >= 0.6 is 11.6 Å². The van der Waals surface area contributed by atoms with Crippen LogP contribution in [-0.2, 0) is 23.8 Å². The summed E-state index contributed by atoms with van der Waals surface area (Å²) in [5.74, 6) is -0.883. The van der Waals surface area contributed by atoms with Gasteiger partial charge in [0.2, 0.25) is 0 Å². The van der Waals surface area contributed by atoms with Crippen LogP contribution < -0.4 is 5.69 Å². The van der Waals surface area contributed by atoms with Gasteiger partial charge in [-0.05, 0) is 0 Å². The molecule has 0 saturated carbocycles. The van der Waals surface area contributed by atoms with Gasteiger partial charge in [-0.2, -0.15) is 10.1 Å². The van der Waals surface area contributed by atoms with Gasteiger partial charge in [-0.25, -0.2) is 14.5 Å². The highest BCUT2D eigenvalue weighted by Gasteiger charge is 2.39. The van der Waals surface area contributed by atoms with Crippen LogP contribution in [0, 0.1) is 0 Å². The summed E-state index contributed by atoms with van der Waals surface area (Å²) in [4.78, 5) is 42.5. The summed E-state index contributed by atoms with van der Waals surface area (Å²) in [5, 5.41) is 4.04. The first-order valence-corrected chi connectivity index (χ1v) is 8.32. The molecular weight excluding hydrogens is 382 g/mol. The van der Waals surface area contributed by atoms with Gasteiger partial charge in [0.15, 0.2) is 5.82 Å². The van der Waals surface area contributed by atoms with Crippen molar-refractivity contribution in [1.29, 1.82) is 0 Å². The van der Waals surface area contributed by atoms with E-state index in [4.69, 9.17) is 25.8 Å². The molecule has 0 spiro atoms. The summed E-state index contributed by atoms with van der Waals surface area (Å²) in [7, 11) is 0. The van der Waals surface area contributed by atoms with E-state index in [1.54, 1.807) is 0 Å². The molecule has 1 aliphatic rings. The number of aromatic nitrogens is 5. The molecule has 0 amide bonds. The predicted molar refractivity (Wildman–Crippen MR) is 89.1 cm³/mol. The van der Waals surface area contributed by atoms with Crippen LogP contribution in [0.15, 0.2) is 23.6 Å². The Balaban J connectivity index is 1.85. The van der Waals surface area contributed by atoms with E-state index in [1.165, 1.54) is 41.9 Å². The Hall–Kier alpha value is -2.79. The third-order valence-corrected chi connectivity index (χ3v) is 4.05. The lowest BCUT2D eigenvalue weighted by molar-refractivity contribution is -0.155. The lowest BCUT2D eigenvalue weighted by Crippen LogP contribution is -2.31. The van der Waals surface area contributed by atoms with Gasteiger partial charge < -0.3 is 14.2 Å². The van der Waals surface area contributed by atoms with E-state index in [0.29, 0.717) is 0 Å². The molecule has 0 unspecified atom stereocenters. The van der Waals surface area contributed by atoms with Gasteiger partial charge in [-0.1, -0.05) is 11.6 Å². The summed E-state index contributed by atoms with van der Waals surface area (Å²) in [6, 6.07) is 0. The van der Waals surface area contributed by atoms with Crippen molar-refractivity contribution in [3.05, 3.63) is 34.4 Å². The van der Waals surface area contributed by atoms with Crippen LogP contribution in [0.1, 0.15) is 26.5 Å². The molecule has 3 heterocycles. The zero-order valence-electron chi connectivity index (χ0n) is 14.4. The van der Waals surface area contributed by atoms with E-state index < -0.39 is 36.1 Å². The van der Waals surface area contributed by atoms with Crippen molar-refractivity contribution in [1.82, 2.24) is 24.3 Å². The van der Waals surface area contributed by atoms with Crippen molar-refractivity contribution in [3.63, 3.8) is 0 Å². The average molecular weight is 398 g/mol. The van der Waals surface area contributed by atoms with Gasteiger partial charge >= 0.3 is 17.6 Å². The molecule has 1 fully saturated rings. The number of hydrogen-bond acceptors (Lipinski definition) is 9. The molecule has 0 bridgehead atoms. The molecule has 2 aromatic heterocycles. The van der Waals surface area contributed by atoms with Crippen molar-refractivity contribution >= 4 is 23.5 Å². The zero-order valence-corrected chi connectivity index (χ0v) is 15.2. The fourth-order valence-corrected chi connectivity index (χ4v) is 2.91. The number of carbonyl (C=O) groups is 2. The summed E-state index contributed by atoms with van der Waals surface area (Å²) >= 11 is 6.21. The first-order valence-electron chi connectivity index (χ1n) is 7.95. The number of nitrogens with zero attached hydrogens (tertiary/aromatic N) is 5. The number of ether oxygens (including phenoxy) is 3. The van der Waals surface area contributed by atoms with Gasteiger partial charge in [0.25, 0.3) is 0 Å². The minimum Gasteiger partial charge on any atom is -0.463 e. The quantitative estimate of drug-likeness (QED) is 0.652. The second-order valence-corrected chi connectivity index (χ2v) is 6.16. The Morgan fingerprint density at radius 2 is 2.15 bits per heavy atom. The van der Waals surface area contributed by atoms with Crippen molar-refractivity contribution in [2.24, 2.45) is 0 Å². The Kier molecular flexibility index (Phi) is 5.51. The van der Waals surface area contributed by atoms with Gasteiger partial charge in [-0.15, -0.1) is 0 Å². The number of carbonyl (C=O) groups excluding carboxylic acids is 2. The molecule has 11 nitrogen and oxygen atoms in total. The standard InChI is InChI=1S/C15H16ClN5O6/c1-8(22)25-5-12-11(26-9(2)23)3-13(27-12)20-4-10(16)14(19-15(20)24)21-7-17-6-18-21/h4,6-7,11-13H,3,5H2,1-2H3/t11-,12+,13+/m0/s1. The number of hydrogen-bond donors (Lipinski definition) is 0. The molecule has 1 aliphatic heterocycles. The normalized spacial score (nSPS) is 21.8. The van der Waals surface area contributed by atoms with E-state index in [0.717, 1.165) is 0 Å². The molecule has 0 radical (unpaired) electrons. The van der Waals surface area contributed by atoms with Crippen molar-refractivity contribution in [2.75, 3.05) is 6.61 Å². The van der Waals surface area contributed by atoms with Crippen LogP contribution in [0.4, 0.5) is 0 Å². The van der Waals surface area contributed by atoms with Gasteiger partial charge in [0, 0.05) is 26.5 Å². The smallest absolute Gasteiger partial charge is 0.351 e. The summed E-state index contributed by atoms with van der Waals surface area (Å²) in [6.45, 7) is 2.40.